The normalized spacial score (nSPS) is 39.0. The van der Waals surface area contributed by atoms with Crippen LogP contribution in [0.4, 0.5) is 8.78 Å². The Morgan fingerprint density at radius 3 is 2.71 bits per heavy atom. The lowest BCUT2D eigenvalue weighted by molar-refractivity contribution is 0.0968. The number of hydrogen-bond acceptors (Lipinski definition) is 2. The minimum atomic E-state index is -2.20. The average Bonchev–Trinajstić information content (AvgIpc) is 2.47. The van der Waals surface area contributed by atoms with Crippen molar-refractivity contribution in [3.05, 3.63) is 0 Å². The van der Waals surface area contributed by atoms with Gasteiger partial charge in [-0.15, -0.1) is 0 Å². The van der Waals surface area contributed by atoms with Gasteiger partial charge in [-0.1, -0.05) is 6.42 Å². The van der Waals surface area contributed by atoms with Crippen molar-refractivity contribution in [3.63, 3.8) is 0 Å². The second kappa shape index (κ2) is 4.11. The van der Waals surface area contributed by atoms with Gasteiger partial charge in [0.2, 0.25) is 0 Å². The van der Waals surface area contributed by atoms with Crippen LogP contribution in [-0.4, -0.2) is 37.0 Å². The molecule has 3 atom stereocenters. The van der Waals surface area contributed by atoms with Crippen molar-refractivity contribution in [2.75, 3.05) is 19.6 Å². The van der Waals surface area contributed by atoms with Gasteiger partial charge in [-0.05, 0) is 24.7 Å². The number of nitrogens with two attached hydrogens (primary N) is 1. The number of likely N-dealkylation sites (tertiary alicyclic amines) is 1. The molecule has 0 aromatic rings. The summed E-state index contributed by atoms with van der Waals surface area (Å²) in [4.78, 5) is 1.88. The minimum Gasteiger partial charge on any atom is -0.327 e. The molecule has 2 nitrogen and oxygen atoms in total. The predicted molar refractivity (Wildman–Crippen MR) is 51.3 cm³/mol. The number of nitrogens with zero attached hydrogens (tertiary/aromatic N) is 1. The second-order valence-electron chi connectivity index (χ2n) is 4.63. The molecule has 2 rings (SSSR count). The van der Waals surface area contributed by atoms with E-state index in [9.17, 15) is 8.78 Å². The maximum Gasteiger partial charge on any atom is 0.251 e. The molecule has 1 heterocycles. The van der Waals surface area contributed by atoms with E-state index in [1.807, 2.05) is 4.90 Å². The van der Waals surface area contributed by atoms with Crippen molar-refractivity contribution >= 4 is 0 Å². The highest BCUT2D eigenvalue weighted by Crippen LogP contribution is 2.35. The molecule has 0 spiro atoms. The van der Waals surface area contributed by atoms with Gasteiger partial charge in [0.05, 0.1) is 6.54 Å². The van der Waals surface area contributed by atoms with Crippen molar-refractivity contribution < 1.29 is 8.78 Å². The smallest absolute Gasteiger partial charge is 0.251 e. The Hall–Kier alpha value is -0.220. The van der Waals surface area contributed by atoms with E-state index in [0.29, 0.717) is 11.8 Å². The minimum absolute atomic E-state index is 0.0697. The van der Waals surface area contributed by atoms with Crippen LogP contribution in [0, 0.1) is 11.8 Å². The third-order valence-electron chi connectivity index (χ3n) is 3.63. The largest absolute Gasteiger partial charge is 0.327 e. The average molecular weight is 204 g/mol. The SMILES string of the molecule is NC1CCCC2CN(CC(F)F)CC12. The zero-order chi connectivity index (χ0) is 10.1. The molecule has 1 aliphatic heterocycles. The van der Waals surface area contributed by atoms with Gasteiger partial charge < -0.3 is 5.73 Å². The fourth-order valence-electron chi connectivity index (χ4n) is 2.95. The maximum absolute atomic E-state index is 12.2. The topological polar surface area (TPSA) is 29.3 Å². The van der Waals surface area contributed by atoms with Gasteiger partial charge in [0.25, 0.3) is 6.43 Å². The molecule has 1 saturated carbocycles. The summed E-state index contributed by atoms with van der Waals surface area (Å²) in [7, 11) is 0. The van der Waals surface area contributed by atoms with E-state index in [1.54, 1.807) is 0 Å². The summed E-state index contributed by atoms with van der Waals surface area (Å²) in [6.45, 7) is 1.55. The standard InChI is InChI=1S/C10H18F2N2/c11-10(12)6-14-4-7-2-1-3-9(13)8(7)5-14/h7-10H,1-6,13H2. The van der Waals surface area contributed by atoms with Gasteiger partial charge >= 0.3 is 0 Å². The highest BCUT2D eigenvalue weighted by molar-refractivity contribution is 4.93. The molecule has 14 heavy (non-hydrogen) atoms. The third kappa shape index (κ3) is 2.06. The van der Waals surface area contributed by atoms with Crippen LogP contribution in [0.2, 0.25) is 0 Å². The van der Waals surface area contributed by atoms with Crippen LogP contribution in [0.25, 0.3) is 0 Å². The first kappa shape index (κ1) is 10.3. The Morgan fingerprint density at radius 1 is 1.29 bits per heavy atom. The lowest BCUT2D eigenvalue weighted by atomic mass is 9.78. The highest BCUT2D eigenvalue weighted by Gasteiger charge is 2.38. The van der Waals surface area contributed by atoms with E-state index in [-0.39, 0.29) is 12.6 Å². The van der Waals surface area contributed by atoms with Gasteiger partial charge in [-0.3, -0.25) is 4.90 Å². The van der Waals surface area contributed by atoms with Gasteiger partial charge in [0, 0.05) is 19.1 Å². The highest BCUT2D eigenvalue weighted by atomic mass is 19.3. The molecule has 2 aliphatic rings. The number of fused-ring (bicyclic) bond motifs is 1. The number of hydrogen-bond donors (Lipinski definition) is 1. The molecule has 0 amide bonds. The Morgan fingerprint density at radius 2 is 2.07 bits per heavy atom. The zero-order valence-electron chi connectivity index (χ0n) is 8.33. The Balaban J connectivity index is 1.90. The molecule has 0 bridgehead atoms. The molecule has 0 aromatic carbocycles. The molecular weight excluding hydrogens is 186 g/mol. The van der Waals surface area contributed by atoms with Crippen LogP contribution in [0.5, 0.6) is 0 Å². The molecular formula is C10H18F2N2. The van der Waals surface area contributed by atoms with Crippen LogP contribution in [0.15, 0.2) is 0 Å². The van der Waals surface area contributed by atoms with Gasteiger partial charge in [0.1, 0.15) is 0 Å². The number of halogens is 2. The Bertz CT molecular complexity index is 199. The van der Waals surface area contributed by atoms with E-state index >= 15 is 0 Å². The fraction of sp³-hybridized carbons (Fsp3) is 1.00. The van der Waals surface area contributed by atoms with Crippen molar-refractivity contribution in [1.29, 1.82) is 0 Å². The molecule has 1 aliphatic carbocycles. The van der Waals surface area contributed by atoms with Crippen molar-refractivity contribution in [2.45, 2.75) is 31.7 Å². The summed E-state index contributed by atoms with van der Waals surface area (Å²) in [5, 5.41) is 0. The van der Waals surface area contributed by atoms with Gasteiger partial charge in [-0.2, -0.15) is 0 Å². The van der Waals surface area contributed by atoms with Crippen molar-refractivity contribution in [3.8, 4) is 0 Å². The second-order valence-corrected chi connectivity index (χ2v) is 4.63. The first-order chi connectivity index (χ1) is 6.66. The van der Waals surface area contributed by atoms with E-state index in [2.05, 4.69) is 0 Å². The van der Waals surface area contributed by atoms with E-state index < -0.39 is 6.43 Å². The van der Waals surface area contributed by atoms with E-state index in [0.717, 1.165) is 19.5 Å². The van der Waals surface area contributed by atoms with Crippen LogP contribution < -0.4 is 5.73 Å². The summed E-state index contributed by atoms with van der Waals surface area (Å²) in [6.07, 6.45) is 1.22. The molecule has 1 saturated heterocycles. The summed E-state index contributed by atoms with van der Waals surface area (Å²) in [6, 6.07) is 0.247. The summed E-state index contributed by atoms with van der Waals surface area (Å²) in [5.74, 6) is 1.06. The zero-order valence-corrected chi connectivity index (χ0v) is 8.33. The quantitative estimate of drug-likeness (QED) is 0.735. The summed E-state index contributed by atoms with van der Waals surface area (Å²) < 4.78 is 24.4. The predicted octanol–water partition coefficient (Wildman–Crippen LogP) is 1.31. The van der Waals surface area contributed by atoms with Gasteiger partial charge in [0.15, 0.2) is 0 Å². The molecule has 3 unspecified atom stereocenters. The van der Waals surface area contributed by atoms with Crippen LogP contribution >= 0.6 is 0 Å². The van der Waals surface area contributed by atoms with Crippen LogP contribution in [0.3, 0.4) is 0 Å². The number of rotatable bonds is 2. The van der Waals surface area contributed by atoms with Crippen LogP contribution in [-0.2, 0) is 0 Å². The molecule has 0 radical (unpaired) electrons. The van der Waals surface area contributed by atoms with Crippen molar-refractivity contribution in [2.24, 2.45) is 17.6 Å². The molecule has 2 N–H and O–H groups in total. The summed E-state index contributed by atoms with van der Waals surface area (Å²) >= 11 is 0. The molecule has 2 fully saturated rings. The van der Waals surface area contributed by atoms with Crippen LogP contribution in [0.1, 0.15) is 19.3 Å². The van der Waals surface area contributed by atoms with E-state index in [4.69, 9.17) is 5.73 Å². The monoisotopic (exact) mass is 204 g/mol. The Kier molecular flexibility index (Phi) is 3.02. The fourth-order valence-corrected chi connectivity index (χ4v) is 2.95. The Labute approximate surface area is 83.4 Å². The third-order valence-corrected chi connectivity index (χ3v) is 3.63. The first-order valence-corrected chi connectivity index (χ1v) is 5.43. The van der Waals surface area contributed by atoms with E-state index in [1.165, 1.54) is 12.8 Å². The lowest BCUT2D eigenvalue weighted by Crippen LogP contribution is -2.38. The lowest BCUT2D eigenvalue weighted by Gasteiger charge is -2.29. The van der Waals surface area contributed by atoms with Crippen molar-refractivity contribution in [1.82, 2.24) is 4.90 Å². The molecule has 4 heteroatoms. The molecule has 0 aromatic heterocycles. The first-order valence-electron chi connectivity index (χ1n) is 5.43. The molecule has 82 valence electrons. The summed E-state index contributed by atoms with van der Waals surface area (Å²) in [5.41, 5.74) is 6.00. The van der Waals surface area contributed by atoms with Gasteiger partial charge in [-0.25, -0.2) is 8.78 Å². The number of alkyl halides is 2. The maximum atomic E-state index is 12.2.